The summed E-state index contributed by atoms with van der Waals surface area (Å²) in [5.41, 5.74) is 1.72. The maximum absolute atomic E-state index is 14.3. The first-order valence-electron chi connectivity index (χ1n) is 10.2. The molecule has 0 atom stereocenters. The van der Waals surface area contributed by atoms with E-state index in [-0.39, 0.29) is 5.56 Å². The molecule has 0 aliphatic carbocycles. The van der Waals surface area contributed by atoms with Crippen LogP contribution in [0.1, 0.15) is 44.0 Å². The van der Waals surface area contributed by atoms with Gasteiger partial charge in [-0.05, 0) is 76.1 Å². The van der Waals surface area contributed by atoms with Crippen molar-refractivity contribution in [2.45, 2.75) is 44.6 Å². The Hall–Kier alpha value is -2.45. The third kappa shape index (κ3) is 4.65. The van der Waals surface area contributed by atoms with Crippen LogP contribution >= 0.6 is 0 Å². The average Bonchev–Trinajstić information content (AvgIpc) is 3.25. The van der Waals surface area contributed by atoms with E-state index in [1.54, 1.807) is 12.1 Å². The molecule has 162 valence electrons. The highest BCUT2D eigenvalue weighted by molar-refractivity contribution is 7.89. The lowest BCUT2D eigenvalue weighted by atomic mass is 10.2. The summed E-state index contributed by atoms with van der Waals surface area (Å²) in [7, 11) is -3.95. The molecule has 0 radical (unpaired) electrons. The second kappa shape index (κ2) is 9.14. The van der Waals surface area contributed by atoms with E-state index in [4.69, 9.17) is 0 Å². The molecule has 1 saturated heterocycles. The number of hydrogen-bond acceptors (Lipinski definition) is 4. The van der Waals surface area contributed by atoms with Crippen LogP contribution in [0.3, 0.4) is 0 Å². The number of sulfonamides is 1. The highest BCUT2D eigenvalue weighted by atomic mass is 32.2. The largest absolute Gasteiger partial charge is 0.369 e. The monoisotopic (exact) mass is 433 g/mol. The number of benzene rings is 2. The zero-order valence-corrected chi connectivity index (χ0v) is 18.4. The van der Waals surface area contributed by atoms with Crippen LogP contribution in [-0.4, -0.2) is 44.3 Å². The quantitative estimate of drug-likeness (QED) is 0.714. The fraction of sp³-hybridized carbons (Fsp3) is 0.409. The molecule has 1 aliphatic heterocycles. The lowest BCUT2D eigenvalue weighted by Gasteiger charge is -2.27. The van der Waals surface area contributed by atoms with Crippen molar-refractivity contribution in [1.29, 1.82) is 0 Å². The zero-order chi connectivity index (χ0) is 21.9. The maximum atomic E-state index is 14.3. The second-order valence-electron chi connectivity index (χ2n) is 7.64. The van der Waals surface area contributed by atoms with Crippen molar-refractivity contribution >= 4 is 27.3 Å². The molecule has 1 N–H and O–H groups in total. The number of anilines is 2. The first-order valence-corrected chi connectivity index (χ1v) is 11.7. The molecular weight excluding hydrogens is 405 g/mol. The summed E-state index contributed by atoms with van der Waals surface area (Å²) in [6.07, 6.45) is 1.51. The van der Waals surface area contributed by atoms with Crippen molar-refractivity contribution in [3.8, 4) is 0 Å². The summed E-state index contributed by atoms with van der Waals surface area (Å²) in [6.45, 7) is 7.92. The SMILES string of the molecule is CCN(c1ccc(NC(=O)c2ccc(F)c(S(=O)(=O)N3CCCC3)c2)cc1)C(C)C. The second-order valence-corrected chi connectivity index (χ2v) is 9.54. The summed E-state index contributed by atoms with van der Waals surface area (Å²) in [5, 5.41) is 2.75. The van der Waals surface area contributed by atoms with Gasteiger partial charge in [0.15, 0.2) is 0 Å². The number of amides is 1. The number of rotatable bonds is 7. The third-order valence-electron chi connectivity index (χ3n) is 5.30. The molecule has 0 bridgehead atoms. The molecule has 1 aliphatic rings. The van der Waals surface area contributed by atoms with Crippen LogP contribution in [0.2, 0.25) is 0 Å². The summed E-state index contributed by atoms with van der Waals surface area (Å²) in [5.74, 6) is -1.34. The van der Waals surface area contributed by atoms with Crippen molar-refractivity contribution in [2.24, 2.45) is 0 Å². The third-order valence-corrected chi connectivity index (χ3v) is 7.21. The molecule has 0 unspecified atom stereocenters. The Morgan fingerprint density at radius 1 is 1.13 bits per heavy atom. The van der Waals surface area contributed by atoms with Crippen LogP contribution in [0, 0.1) is 5.82 Å². The van der Waals surface area contributed by atoms with Crippen molar-refractivity contribution < 1.29 is 17.6 Å². The molecule has 3 rings (SSSR count). The van der Waals surface area contributed by atoms with Gasteiger partial charge in [0, 0.05) is 42.6 Å². The van der Waals surface area contributed by atoms with Crippen molar-refractivity contribution in [2.75, 3.05) is 29.9 Å². The van der Waals surface area contributed by atoms with Crippen molar-refractivity contribution in [3.63, 3.8) is 0 Å². The molecule has 30 heavy (non-hydrogen) atoms. The fourth-order valence-electron chi connectivity index (χ4n) is 3.70. The Bertz CT molecular complexity index is 1000. The van der Waals surface area contributed by atoms with E-state index >= 15 is 0 Å². The number of nitrogens with zero attached hydrogens (tertiary/aromatic N) is 2. The Labute approximate surface area is 177 Å². The van der Waals surface area contributed by atoms with Gasteiger partial charge in [0.25, 0.3) is 5.91 Å². The minimum Gasteiger partial charge on any atom is -0.369 e. The predicted octanol–water partition coefficient (Wildman–Crippen LogP) is 4.10. The van der Waals surface area contributed by atoms with Gasteiger partial charge in [-0.25, -0.2) is 12.8 Å². The summed E-state index contributed by atoms with van der Waals surface area (Å²) in [4.78, 5) is 14.4. The number of carbonyl (C=O) groups excluding carboxylic acids is 1. The number of nitrogens with one attached hydrogen (secondary N) is 1. The zero-order valence-electron chi connectivity index (χ0n) is 17.6. The summed E-state index contributed by atoms with van der Waals surface area (Å²) >= 11 is 0. The lowest BCUT2D eigenvalue weighted by Crippen LogP contribution is -2.30. The molecule has 6 nitrogen and oxygen atoms in total. The molecule has 0 saturated carbocycles. The minimum absolute atomic E-state index is 0.0932. The average molecular weight is 434 g/mol. The lowest BCUT2D eigenvalue weighted by molar-refractivity contribution is 0.102. The number of hydrogen-bond donors (Lipinski definition) is 1. The van der Waals surface area contributed by atoms with Crippen molar-refractivity contribution in [1.82, 2.24) is 4.31 Å². The topological polar surface area (TPSA) is 69.7 Å². The Kier molecular flexibility index (Phi) is 6.77. The molecule has 8 heteroatoms. The normalized spacial score (nSPS) is 14.8. The van der Waals surface area contributed by atoms with Crippen LogP contribution in [-0.2, 0) is 10.0 Å². The van der Waals surface area contributed by atoms with Crippen LogP contribution < -0.4 is 10.2 Å². The molecule has 1 fully saturated rings. The number of carbonyl (C=O) groups is 1. The molecule has 1 amide bonds. The van der Waals surface area contributed by atoms with Crippen LogP contribution in [0.4, 0.5) is 15.8 Å². The van der Waals surface area contributed by atoms with Gasteiger partial charge in [0.1, 0.15) is 10.7 Å². The van der Waals surface area contributed by atoms with Gasteiger partial charge in [-0.15, -0.1) is 0 Å². The minimum atomic E-state index is -3.95. The molecule has 0 spiro atoms. The first-order chi connectivity index (χ1) is 14.2. The van der Waals surface area contributed by atoms with E-state index < -0.39 is 26.6 Å². The smallest absolute Gasteiger partial charge is 0.255 e. The van der Waals surface area contributed by atoms with E-state index in [0.717, 1.165) is 37.2 Å². The van der Waals surface area contributed by atoms with Gasteiger partial charge in [0.2, 0.25) is 10.0 Å². The van der Waals surface area contributed by atoms with Gasteiger partial charge in [-0.3, -0.25) is 4.79 Å². The van der Waals surface area contributed by atoms with Gasteiger partial charge < -0.3 is 10.2 Å². The van der Waals surface area contributed by atoms with E-state index in [2.05, 4.69) is 31.0 Å². The van der Waals surface area contributed by atoms with Crippen LogP contribution in [0.25, 0.3) is 0 Å². The van der Waals surface area contributed by atoms with E-state index in [9.17, 15) is 17.6 Å². The highest BCUT2D eigenvalue weighted by Gasteiger charge is 2.30. The standard InChI is InChI=1S/C22H28FN3O3S/c1-4-26(16(2)3)19-10-8-18(9-11-19)24-22(27)17-7-12-20(23)21(15-17)30(28,29)25-13-5-6-14-25/h7-12,15-16H,4-6,13-14H2,1-3H3,(H,24,27). The van der Waals surface area contributed by atoms with Gasteiger partial charge in [0.05, 0.1) is 0 Å². The molecule has 2 aromatic carbocycles. The van der Waals surface area contributed by atoms with Gasteiger partial charge >= 0.3 is 0 Å². The fourth-order valence-corrected chi connectivity index (χ4v) is 5.30. The predicted molar refractivity (Wildman–Crippen MR) is 117 cm³/mol. The molecule has 0 aromatic heterocycles. The van der Waals surface area contributed by atoms with E-state index in [0.29, 0.717) is 24.8 Å². The summed E-state index contributed by atoms with van der Waals surface area (Å²) in [6, 6.07) is 11.2. The molecule has 1 heterocycles. The van der Waals surface area contributed by atoms with Crippen molar-refractivity contribution in [3.05, 3.63) is 53.8 Å². The first kappa shape index (κ1) is 22.2. The van der Waals surface area contributed by atoms with E-state index in [1.165, 1.54) is 10.4 Å². The van der Waals surface area contributed by atoms with Crippen LogP contribution in [0.15, 0.2) is 47.4 Å². The van der Waals surface area contributed by atoms with Crippen LogP contribution in [0.5, 0.6) is 0 Å². The molecule has 2 aromatic rings. The maximum Gasteiger partial charge on any atom is 0.255 e. The van der Waals surface area contributed by atoms with Gasteiger partial charge in [-0.2, -0.15) is 4.31 Å². The Morgan fingerprint density at radius 3 is 2.33 bits per heavy atom. The highest BCUT2D eigenvalue weighted by Crippen LogP contribution is 2.25. The Morgan fingerprint density at radius 2 is 1.77 bits per heavy atom. The molecular formula is C22H28FN3O3S. The Balaban J connectivity index is 1.79. The van der Waals surface area contributed by atoms with Gasteiger partial charge in [-0.1, -0.05) is 0 Å². The number of halogens is 1. The van der Waals surface area contributed by atoms with E-state index in [1.807, 2.05) is 12.1 Å². The summed E-state index contributed by atoms with van der Waals surface area (Å²) < 4.78 is 41.0.